The van der Waals surface area contributed by atoms with E-state index in [1.807, 2.05) is 6.92 Å². The number of hydrazone groups is 1. The van der Waals surface area contributed by atoms with Gasteiger partial charge in [0.05, 0.1) is 7.11 Å². The van der Waals surface area contributed by atoms with Crippen molar-refractivity contribution >= 4 is 11.6 Å². The third-order valence-electron chi connectivity index (χ3n) is 2.84. The van der Waals surface area contributed by atoms with Crippen LogP contribution in [0.15, 0.2) is 29.4 Å². The highest BCUT2D eigenvalue weighted by atomic mass is 16.5. The van der Waals surface area contributed by atoms with Gasteiger partial charge in [0.15, 0.2) is 0 Å². The molecule has 0 aliphatic carbocycles. The van der Waals surface area contributed by atoms with Crippen molar-refractivity contribution in [3.8, 4) is 5.75 Å². The van der Waals surface area contributed by atoms with E-state index in [2.05, 4.69) is 17.5 Å². The zero-order valence-corrected chi connectivity index (χ0v) is 11.9. The molecule has 0 spiro atoms. The van der Waals surface area contributed by atoms with E-state index in [1.165, 1.54) is 12.8 Å². The van der Waals surface area contributed by atoms with Crippen molar-refractivity contribution in [3.63, 3.8) is 0 Å². The van der Waals surface area contributed by atoms with Gasteiger partial charge in [-0.05, 0) is 44.0 Å². The van der Waals surface area contributed by atoms with Gasteiger partial charge in [-0.1, -0.05) is 19.8 Å². The number of benzene rings is 1. The highest BCUT2D eigenvalue weighted by Crippen LogP contribution is 2.11. The van der Waals surface area contributed by atoms with Gasteiger partial charge in [-0.3, -0.25) is 4.79 Å². The predicted octanol–water partition coefficient (Wildman–Crippen LogP) is 3.38. The lowest BCUT2D eigenvalue weighted by Crippen LogP contribution is -2.18. The van der Waals surface area contributed by atoms with Crippen molar-refractivity contribution in [2.75, 3.05) is 7.11 Å². The molecule has 0 saturated heterocycles. The highest BCUT2D eigenvalue weighted by Gasteiger charge is 2.04. The summed E-state index contributed by atoms with van der Waals surface area (Å²) in [4.78, 5) is 11.8. The third-order valence-corrected chi connectivity index (χ3v) is 2.84. The van der Waals surface area contributed by atoms with E-state index >= 15 is 0 Å². The molecular weight excluding hydrogens is 240 g/mol. The number of hydrogen-bond acceptors (Lipinski definition) is 3. The molecule has 0 radical (unpaired) electrons. The molecule has 1 aromatic carbocycles. The molecule has 4 heteroatoms. The molecule has 0 fully saturated rings. The second-order valence-corrected chi connectivity index (χ2v) is 4.47. The maximum absolute atomic E-state index is 11.8. The molecule has 0 aliphatic rings. The van der Waals surface area contributed by atoms with Gasteiger partial charge < -0.3 is 4.74 Å². The first-order chi connectivity index (χ1) is 9.17. The van der Waals surface area contributed by atoms with Crippen LogP contribution < -0.4 is 10.2 Å². The number of nitrogens with one attached hydrogen (secondary N) is 1. The molecule has 0 bridgehead atoms. The van der Waals surface area contributed by atoms with Crippen LogP contribution in [-0.4, -0.2) is 18.7 Å². The van der Waals surface area contributed by atoms with Crippen molar-refractivity contribution in [2.24, 2.45) is 5.10 Å². The number of unbranched alkanes of at least 4 members (excludes halogenated alkanes) is 2. The summed E-state index contributed by atoms with van der Waals surface area (Å²) in [5, 5.41) is 4.10. The van der Waals surface area contributed by atoms with Crippen LogP contribution >= 0.6 is 0 Å². The molecule has 0 aliphatic heterocycles. The summed E-state index contributed by atoms with van der Waals surface area (Å²) in [5.74, 6) is 0.535. The van der Waals surface area contributed by atoms with Crippen molar-refractivity contribution in [1.29, 1.82) is 0 Å². The molecule has 1 N–H and O–H groups in total. The first-order valence-corrected chi connectivity index (χ1v) is 6.65. The summed E-state index contributed by atoms with van der Waals surface area (Å²) in [6.07, 6.45) is 4.42. The fourth-order valence-corrected chi connectivity index (χ4v) is 1.64. The van der Waals surface area contributed by atoms with E-state index in [1.54, 1.807) is 31.4 Å². The van der Waals surface area contributed by atoms with Gasteiger partial charge in [-0.15, -0.1) is 0 Å². The molecule has 0 atom stereocenters. The van der Waals surface area contributed by atoms with E-state index in [9.17, 15) is 4.79 Å². The third kappa shape index (κ3) is 5.55. The zero-order chi connectivity index (χ0) is 14.1. The molecule has 0 aromatic heterocycles. The summed E-state index contributed by atoms with van der Waals surface area (Å²) in [5.41, 5.74) is 4.10. The Morgan fingerprint density at radius 2 is 1.95 bits per heavy atom. The second kappa shape index (κ2) is 8.29. The maximum atomic E-state index is 11.8. The van der Waals surface area contributed by atoms with Crippen LogP contribution in [0.2, 0.25) is 0 Å². The Bertz CT molecular complexity index is 424. The molecule has 0 saturated carbocycles. The minimum atomic E-state index is -0.197. The second-order valence-electron chi connectivity index (χ2n) is 4.47. The SMILES string of the molecule is CCCCC/C(C)=N/NC(=O)c1ccc(OC)cc1. The Hall–Kier alpha value is -1.84. The van der Waals surface area contributed by atoms with Crippen molar-refractivity contribution < 1.29 is 9.53 Å². The fourth-order valence-electron chi connectivity index (χ4n) is 1.64. The molecule has 104 valence electrons. The number of ether oxygens (including phenoxy) is 1. The number of carbonyl (C=O) groups is 1. The molecule has 1 amide bonds. The first kappa shape index (κ1) is 15.2. The van der Waals surface area contributed by atoms with Crippen LogP contribution in [-0.2, 0) is 0 Å². The Kier molecular flexibility index (Phi) is 6.64. The lowest BCUT2D eigenvalue weighted by atomic mass is 10.1. The molecule has 0 heterocycles. The summed E-state index contributed by atoms with van der Waals surface area (Å²) in [6, 6.07) is 6.95. The molecule has 4 nitrogen and oxygen atoms in total. The Balaban J connectivity index is 2.47. The van der Waals surface area contributed by atoms with Gasteiger partial charge in [0, 0.05) is 11.3 Å². The standard InChI is InChI=1S/C15H22N2O2/c1-4-5-6-7-12(2)16-17-15(18)13-8-10-14(19-3)11-9-13/h8-11H,4-7H2,1-3H3,(H,17,18)/b16-12+. The summed E-state index contributed by atoms with van der Waals surface area (Å²) < 4.78 is 5.04. The number of hydrogen-bond donors (Lipinski definition) is 1. The van der Waals surface area contributed by atoms with Gasteiger partial charge in [-0.25, -0.2) is 5.43 Å². The number of nitrogens with zero attached hydrogens (tertiary/aromatic N) is 1. The maximum Gasteiger partial charge on any atom is 0.271 e. The largest absolute Gasteiger partial charge is 0.497 e. The van der Waals surface area contributed by atoms with E-state index in [-0.39, 0.29) is 5.91 Å². The zero-order valence-electron chi connectivity index (χ0n) is 11.9. The van der Waals surface area contributed by atoms with E-state index in [0.29, 0.717) is 5.56 Å². The first-order valence-electron chi connectivity index (χ1n) is 6.65. The van der Waals surface area contributed by atoms with Gasteiger partial charge >= 0.3 is 0 Å². The molecule has 1 rings (SSSR count). The fraction of sp³-hybridized carbons (Fsp3) is 0.467. The van der Waals surface area contributed by atoms with Crippen molar-refractivity contribution in [3.05, 3.63) is 29.8 Å². The number of carbonyl (C=O) groups excluding carboxylic acids is 1. The topological polar surface area (TPSA) is 50.7 Å². The average molecular weight is 262 g/mol. The number of amides is 1. The van der Waals surface area contributed by atoms with Gasteiger partial charge in [0.25, 0.3) is 5.91 Å². The smallest absolute Gasteiger partial charge is 0.271 e. The van der Waals surface area contributed by atoms with Crippen LogP contribution in [0.25, 0.3) is 0 Å². The quantitative estimate of drug-likeness (QED) is 0.465. The number of methoxy groups -OCH3 is 1. The Morgan fingerprint density at radius 3 is 2.53 bits per heavy atom. The van der Waals surface area contributed by atoms with E-state index in [4.69, 9.17) is 4.74 Å². The summed E-state index contributed by atoms with van der Waals surface area (Å²) in [6.45, 7) is 4.10. The monoisotopic (exact) mass is 262 g/mol. The van der Waals surface area contributed by atoms with Crippen LogP contribution in [0.4, 0.5) is 0 Å². The van der Waals surface area contributed by atoms with Gasteiger partial charge in [-0.2, -0.15) is 5.10 Å². The minimum Gasteiger partial charge on any atom is -0.497 e. The Morgan fingerprint density at radius 1 is 1.26 bits per heavy atom. The van der Waals surface area contributed by atoms with Crippen LogP contribution in [0.5, 0.6) is 5.75 Å². The molecule has 19 heavy (non-hydrogen) atoms. The Labute approximate surface area is 114 Å². The lowest BCUT2D eigenvalue weighted by Gasteiger charge is -2.04. The minimum absolute atomic E-state index is 0.197. The number of rotatable bonds is 7. The summed E-state index contributed by atoms with van der Waals surface area (Å²) in [7, 11) is 1.60. The molecule has 0 unspecified atom stereocenters. The van der Waals surface area contributed by atoms with Crippen LogP contribution in [0.1, 0.15) is 49.9 Å². The molecular formula is C15H22N2O2. The van der Waals surface area contributed by atoms with Crippen LogP contribution in [0.3, 0.4) is 0 Å². The molecule has 1 aromatic rings. The van der Waals surface area contributed by atoms with Crippen LogP contribution in [0, 0.1) is 0 Å². The van der Waals surface area contributed by atoms with Crippen molar-refractivity contribution in [1.82, 2.24) is 5.43 Å². The van der Waals surface area contributed by atoms with E-state index in [0.717, 1.165) is 24.3 Å². The normalized spacial score (nSPS) is 11.2. The average Bonchev–Trinajstić information content (AvgIpc) is 2.45. The van der Waals surface area contributed by atoms with Gasteiger partial charge in [0.2, 0.25) is 0 Å². The predicted molar refractivity (Wildman–Crippen MR) is 77.7 cm³/mol. The summed E-state index contributed by atoms with van der Waals surface area (Å²) >= 11 is 0. The van der Waals surface area contributed by atoms with Gasteiger partial charge in [0.1, 0.15) is 5.75 Å². The lowest BCUT2D eigenvalue weighted by molar-refractivity contribution is 0.0954. The highest BCUT2D eigenvalue weighted by molar-refractivity contribution is 5.95. The van der Waals surface area contributed by atoms with Crippen molar-refractivity contribution in [2.45, 2.75) is 39.5 Å². The van der Waals surface area contributed by atoms with E-state index < -0.39 is 0 Å².